The van der Waals surface area contributed by atoms with Crippen molar-refractivity contribution in [3.05, 3.63) is 29.6 Å². The van der Waals surface area contributed by atoms with Gasteiger partial charge >= 0.3 is 0 Å². The predicted octanol–water partition coefficient (Wildman–Crippen LogP) is 3.40. The van der Waals surface area contributed by atoms with Gasteiger partial charge in [0.2, 0.25) is 11.8 Å². The molecule has 5 nitrogen and oxygen atoms in total. The monoisotopic (exact) mass is 398 g/mol. The number of aryl methyl sites for hydroxylation is 1. The van der Waals surface area contributed by atoms with Crippen LogP contribution in [-0.4, -0.2) is 55.0 Å². The number of hydrogen-bond acceptors (Lipinski definition) is 4. The molecule has 7 heteroatoms. The molecule has 0 saturated heterocycles. The lowest BCUT2D eigenvalue weighted by Crippen LogP contribution is -2.48. The SMILES string of the molecule is CCNC(=O)C(CCSC)N(C)C(=O)CCCCOc1cc(C)cc(F)c1. The molecule has 2 amide bonds. The van der Waals surface area contributed by atoms with Gasteiger partial charge in [0, 0.05) is 26.1 Å². The number of carbonyl (C=O) groups excluding carboxylic acids is 2. The van der Waals surface area contributed by atoms with E-state index in [2.05, 4.69) is 5.32 Å². The number of nitrogens with one attached hydrogen (secondary N) is 1. The minimum absolute atomic E-state index is 0.0473. The number of hydrogen-bond donors (Lipinski definition) is 1. The number of unbranched alkanes of at least 4 members (excludes halogenated alkanes) is 1. The quantitative estimate of drug-likeness (QED) is 0.548. The zero-order valence-corrected chi connectivity index (χ0v) is 17.5. The van der Waals surface area contributed by atoms with E-state index in [4.69, 9.17) is 4.74 Å². The van der Waals surface area contributed by atoms with Crippen LogP contribution >= 0.6 is 11.8 Å². The molecule has 0 spiro atoms. The van der Waals surface area contributed by atoms with Gasteiger partial charge in [-0.1, -0.05) is 0 Å². The van der Waals surface area contributed by atoms with Crippen molar-refractivity contribution >= 4 is 23.6 Å². The second-order valence-corrected chi connectivity index (χ2v) is 7.45. The van der Waals surface area contributed by atoms with Crippen LogP contribution in [-0.2, 0) is 9.59 Å². The summed E-state index contributed by atoms with van der Waals surface area (Å²) in [6.45, 7) is 4.65. The molecule has 1 atom stereocenters. The first-order valence-corrected chi connectivity index (χ1v) is 10.7. The summed E-state index contributed by atoms with van der Waals surface area (Å²) in [6, 6.07) is 4.15. The Labute approximate surface area is 166 Å². The summed E-state index contributed by atoms with van der Waals surface area (Å²) in [6.07, 6.45) is 4.32. The van der Waals surface area contributed by atoms with Gasteiger partial charge in [0.05, 0.1) is 6.61 Å². The molecule has 0 aliphatic carbocycles. The summed E-state index contributed by atoms with van der Waals surface area (Å²) >= 11 is 1.66. The van der Waals surface area contributed by atoms with E-state index in [9.17, 15) is 14.0 Å². The zero-order chi connectivity index (χ0) is 20.2. The van der Waals surface area contributed by atoms with Gasteiger partial charge in [-0.25, -0.2) is 4.39 Å². The topological polar surface area (TPSA) is 58.6 Å². The highest BCUT2D eigenvalue weighted by molar-refractivity contribution is 7.98. The molecular formula is C20H31FN2O3S. The Bertz CT molecular complexity index is 593. The number of halogens is 1. The molecule has 0 bridgehead atoms. The Balaban J connectivity index is 2.41. The summed E-state index contributed by atoms with van der Waals surface area (Å²) in [7, 11) is 1.69. The summed E-state index contributed by atoms with van der Waals surface area (Å²) < 4.78 is 18.9. The van der Waals surface area contributed by atoms with Crippen molar-refractivity contribution in [2.45, 2.75) is 45.6 Å². The third-order valence-electron chi connectivity index (χ3n) is 4.18. The number of ether oxygens (including phenoxy) is 1. The van der Waals surface area contributed by atoms with Crippen molar-refractivity contribution in [1.29, 1.82) is 0 Å². The maximum Gasteiger partial charge on any atom is 0.242 e. The highest BCUT2D eigenvalue weighted by Crippen LogP contribution is 2.16. The van der Waals surface area contributed by atoms with Gasteiger partial charge in [-0.3, -0.25) is 9.59 Å². The minimum Gasteiger partial charge on any atom is -0.493 e. The van der Waals surface area contributed by atoms with Crippen molar-refractivity contribution in [3.8, 4) is 5.75 Å². The van der Waals surface area contributed by atoms with Crippen LogP contribution in [0.1, 0.15) is 38.2 Å². The van der Waals surface area contributed by atoms with Crippen LogP contribution in [0.25, 0.3) is 0 Å². The van der Waals surface area contributed by atoms with Gasteiger partial charge in [-0.15, -0.1) is 0 Å². The van der Waals surface area contributed by atoms with Crippen molar-refractivity contribution < 1.29 is 18.7 Å². The van der Waals surface area contributed by atoms with Gasteiger partial charge in [0.15, 0.2) is 0 Å². The van der Waals surface area contributed by atoms with E-state index in [1.165, 1.54) is 12.1 Å². The molecule has 0 fully saturated rings. The van der Waals surface area contributed by atoms with Crippen LogP contribution < -0.4 is 10.1 Å². The molecule has 0 aromatic heterocycles. The van der Waals surface area contributed by atoms with Gasteiger partial charge in [-0.2, -0.15) is 11.8 Å². The van der Waals surface area contributed by atoms with Crippen molar-refractivity contribution in [2.24, 2.45) is 0 Å². The first kappa shape index (κ1) is 23.3. The molecular weight excluding hydrogens is 367 g/mol. The summed E-state index contributed by atoms with van der Waals surface area (Å²) in [5.41, 5.74) is 0.809. The van der Waals surface area contributed by atoms with Crippen LogP contribution in [0, 0.1) is 12.7 Å². The van der Waals surface area contributed by atoms with E-state index in [-0.39, 0.29) is 17.6 Å². The van der Waals surface area contributed by atoms with E-state index in [1.54, 1.807) is 29.8 Å². The number of amides is 2. The average Bonchev–Trinajstić information content (AvgIpc) is 2.60. The molecule has 1 unspecified atom stereocenters. The average molecular weight is 399 g/mol. The number of thioether (sulfide) groups is 1. The maximum atomic E-state index is 13.3. The van der Waals surface area contributed by atoms with Gasteiger partial charge in [0.1, 0.15) is 17.6 Å². The van der Waals surface area contributed by atoms with Gasteiger partial charge in [-0.05, 0) is 62.8 Å². The lowest BCUT2D eigenvalue weighted by molar-refractivity contribution is -0.139. The summed E-state index contributed by atoms with van der Waals surface area (Å²) in [5.74, 6) is 0.856. The van der Waals surface area contributed by atoms with Crippen LogP contribution in [0.15, 0.2) is 18.2 Å². The number of carbonyl (C=O) groups is 2. The molecule has 0 saturated carbocycles. The van der Waals surface area contributed by atoms with E-state index in [1.807, 2.05) is 20.1 Å². The van der Waals surface area contributed by atoms with Crippen LogP contribution in [0.3, 0.4) is 0 Å². The fourth-order valence-corrected chi connectivity index (χ4v) is 3.19. The standard InChI is InChI=1S/C20H31FN2O3S/c1-5-22-20(25)18(9-11-27-4)23(3)19(24)8-6-7-10-26-17-13-15(2)12-16(21)14-17/h12-14,18H,5-11H2,1-4H3,(H,22,25). The number of benzene rings is 1. The van der Waals surface area contributed by atoms with E-state index >= 15 is 0 Å². The molecule has 27 heavy (non-hydrogen) atoms. The zero-order valence-electron chi connectivity index (χ0n) is 16.7. The fraction of sp³-hybridized carbons (Fsp3) is 0.600. The van der Waals surface area contributed by atoms with E-state index in [0.717, 1.165) is 11.3 Å². The highest BCUT2D eigenvalue weighted by Gasteiger charge is 2.25. The second kappa shape index (κ2) is 12.6. The van der Waals surface area contributed by atoms with Gasteiger partial charge < -0.3 is 15.0 Å². The van der Waals surface area contributed by atoms with E-state index < -0.39 is 6.04 Å². The molecule has 1 aromatic rings. The normalized spacial score (nSPS) is 11.7. The molecule has 0 heterocycles. The fourth-order valence-electron chi connectivity index (χ4n) is 2.73. The third-order valence-corrected chi connectivity index (χ3v) is 4.82. The van der Waals surface area contributed by atoms with Crippen LogP contribution in [0.4, 0.5) is 4.39 Å². The molecule has 1 aromatic carbocycles. The Morgan fingerprint density at radius 2 is 2.04 bits per heavy atom. The minimum atomic E-state index is -0.434. The number of nitrogens with zero attached hydrogens (tertiary/aromatic N) is 1. The molecule has 0 aliphatic rings. The summed E-state index contributed by atoms with van der Waals surface area (Å²) in [4.78, 5) is 26.2. The Morgan fingerprint density at radius 3 is 2.67 bits per heavy atom. The molecule has 152 valence electrons. The first-order chi connectivity index (χ1) is 12.9. The maximum absolute atomic E-state index is 13.3. The largest absolute Gasteiger partial charge is 0.493 e. The summed E-state index contributed by atoms with van der Waals surface area (Å²) in [5, 5.41) is 2.80. The number of rotatable bonds is 12. The predicted molar refractivity (Wildman–Crippen MR) is 109 cm³/mol. The molecule has 0 aliphatic heterocycles. The Morgan fingerprint density at radius 1 is 1.30 bits per heavy atom. The lowest BCUT2D eigenvalue weighted by Gasteiger charge is -2.27. The smallest absolute Gasteiger partial charge is 0.242 e. The van der Waals surface area contributed by atoms with Crippen LogP contribution in [0.5, 0.6) is 5.75 Å². The Kier molecular flexibility index (Phi) is 10.9. The molecule has 1 rings (SSSR count). The molecule has 1 N–H and O–H groups in total. The van der Waals surface area contributed by atoms with Crippen molar-refractivity contribution in [1.82, 2.24) is 10.2 Å². The van der Waals surface area contributed by atoms with Crippen molar-refractivity contribution in [3.63, 3.8) is 0 Å². The van der Waals surface area contributed by atoms with Crippen molar-refractivity contribution in [2.75, 3.05) is 32.2 Å². The van der Waals surface area contributed by atoms with Gasteiger partial charge in [0.25, 0.3) is 0 Å². The molecule has 0 radical (unpaired) electrons. The Hall–Kier alpha value is -1.76. The third kappa shape index (κ3) is 8.65. The first-order valence-electron chi connectivity index (χ1n) is 9.31. The van der Waals surface area contributed by atoms with Crippen LogP contribution in [0.2, 0.25) is 0 Å². The number of likely N-dealkylation sites (N-methyl/N-ethyl adjacent to an activating group) is 2. The lowest BCUT2D eigenvalue weighted by atomic mass is 10.1. The van der Waals surface area contributed by atoms with E-state index in [0.29, 0.717) is 44.6 Å². The highest BCUT2D eigenvalue weighted by atomic mass is 32.2. The second-order valence-electron chi connectivity index (χ2n) is 6.47.